The Morgan fingerprint density at radius 2 is 1.87 bits per heavy atom. The van der Waals surface area contributed by atoms with Gasteiger partial charge in [0.1, 0.15) is 17.0 Å². The standard InChI is InChI=1S/C17H18N4O2/c1-12-15(16(20-23-12)13-7-3-2-4-8-13)17-19-18-14(22-17)11-21-9-5-6-10-21/h2-4,7-8H,5-6,9-11H2,1H3. The lowest BCUT2D eigenvalue weighted by molar-refractivity contribution is 0.292. The number of benzene rings is 1. The summed E-state index contributed by atoms with van der Waals surface area (Å²) in [5, 5.41) is 12.5. The van der Waals surface area contributed by atoms with E-state index in [0.717, 1.165) is 29.9 Å². The normalized spacial score (nSPS) is 15.3. The van der Waals surface area contributed by atoms with Gasteiger partial charge in [-0.3, -0.25) is 4.90 Å². The maximum Gasteiger partial charge on any atom is 0.253 e. The van der Waals surface area contributed by atoms with Gasteiger partial charge in [-0.25, -0.2) is 0 Å². The van der Waals surface area contributed by atoms with Crippen molar-refractivity contribution in [1.29, 1.82) is 0 Å². The summed E-state index contributed by atoms with van der Waals surface area (Å²) >= 11 is 0. The molecule has 0 amide bonds. The van der Waals surface area contributed by atoms with E-state index in [4.69, 9.17) is 8.94 Å². The van der Waals surface area contributed by atoms with Crippen LogP contribution in [0.2, 0.25) is 0 Å². The molecule has 1 aliphatic heterocycles. The van der Waals surface area contributed by atoms with E-state index in [1.807, 2.05) is 37.3 Å². The molecule has 1 saturated heterocycles. The highest BCUT2D eigenvalue weighted by Gasteiger charge is 2.23. The van der Waals surface area contributed by atoms with Crippen LogP contribution in [-0.4, -0.2) is 33.3 Å². The maximum absolute atomic E-state index is 5.87. The third-order valence-corrected chi connectivity index (χ3v) is 4.15. The first-order valence-electron chi connectivity index (χ1n) is 7.88. The average molecular weight is 310 g/mol. The third-order valence-electron chi connectivity index (χ3n) is 4.15. The molecule has 0 N–H and O–H groups in total. The van der Waals surface area contributed by atoms with Gasteiger partial charge in [0.25, 0.3) is 5.89 Å². The first kappa shape index (κ1) is 14.1. The molecule has 1 fully saturated rings. The minimum absolute atomic E-state index is 0.469. The van der Waals surface area contributed by atoms with Crippen molar-refractivity contribution in [2.24, 2.45) is 0 Å². The van der Waals surface area contributed by atoms with Crippen LogP contribution in [-0.2, 0) is 6.54 Å². The zero-order chi connectivity index (χ0) is 15.6. The van der Waals surface area contributed by atoms with E-state index in [9.17, 15) is 0 Å². The molecular weight excluding hydrogens is 292 g/mol. The van der Waals surface area contributed by atoms with E-state index in [1.54, 1.807) is 0 Å². The lowest BCUT2D eigenvalue weighted by Crippen LogP contribution is -2.18. The summed E-state index contributed by atoms with van der Waals surface area (Å²) in [7, 11) is 0. The SMILES string of the molecule is Cc1onc(-c2ccccc2)c1-c1nnc(CN2CCCC2)o1. The van der Waals surface area contributed by atoms with Crippen LogP contribution in [0.25, 0.3) is 22.7 Å². The molecule has 0 bridgehead atoms. The number of aromatic nitrogens is 3. The molecule has 1 aromatic carbocycles. The van der Waals surface area contributed by atoms with Crippen LogP contribution in [0.1, 0.15) is 24.5 Å². The van der Waals surface area contributed by atoms with Crippen molar-refractivity contribution in [2.45, 2.75) is 26.3 Å². The zero-order valence-corrected chi connectivity index (χ0v) is 13.0. The van der Waals surface area contributed by atoms with Gasteiger partial charge in [0, 0.05) is 5.56 Å². The first-order chi connectivity index (χ1) is 11.3. The molecule has 6 heteroatoms. The van der Waals surface area contributed by atoms with E-state index in [2.05, 4.69) is 20.3 Å². The van der Waals surface area contributed by atoms with Crippen LogP contribution in [0.4, 0.5) is 0 Å². The molecule has 0 spiro atoms. The van der Waals surface area contributed by atoms with Crippen molar-refractivity contribution in [1.82, 2.24) is 20.3 Å². The highest BCUT2D eigenvalue weighted by Crippen LogP contribution is 2.33. The molecular formula is C17H18N4O2. The van der Waals surface area contributed by atoms with E-state index < -0.39 is 0 Å². The Labute approximate surface area is 134 Å². The number of nitrogens with zero attached hydrogens (tertiary/aromatic N) is 4. The Hall–Kier alpha value is -2.47. The van der Waals surface area contributed by atoms with E-state index >= 15 is 0 Å². The second-order valence-electron chi connectivity index (χ2n) is 5.81. The Morgan fingerprint density at radius 3 is 2.65 bits per heavy atom. The third kappa shape index (κ3) is 2.77. The fourth-order valence-electron chi connectivity index (χ4n) is 2.97. The number of aryl methyl sites for hydroxylation is 1. The molecule has 118 valence electrons. The maximum atomic E-state index is 5.87. The molecule has 0 saturated carbocycles. The smallest absolute Gasteiger partial charge is 0.253 e. The largest absolute Gasteiger partial charge is 0.419 e. The van der Waals surface area contributed by atoms with Gasteiger partial charge < -0.3 is 8.94 Å². The minimum Gasteiger partial charge on any atom is -0.419 e. The molecule has 0 radical (unpaired) electrons. The van der Waals surface area contributed by atoms with Crippen molar-refractivity contribution in [3.05, 3.63) is 42.0 Å². The monoisotopic (exact) mass is 310 g/mol. The number of hydrogen-bond acceptors (Lipinski definition) is 6. The first-order valence-corrected chi connectivity index (χ1v) is 7.88. The van der Waals surface area contributed by atoms with Gasteiger partial charge in [-0.05, 0) is 32.9 Å². The van der Waals surface area contributed by atoms with Crippen molar-refractivity contribution in [3.63, 3.8) is 0 Å². The van der Waals surface area contributed by atoms with Crippen LogP contribution in [0.3, 0.4) is 0 Å². The minimum atomic E-state index is 0.469. The fourth-order valence-corrected chi connectivity index (χ4v) is 2.97. The van der Waals surface area contributed by atoms with Gasteiger partial charge in [-0.15, -0.1) is 10.2 Å². The van der Waals surface area contributed by atoms with Gasteiger partial charge in [0.05, 0.1) is 6.54 Å². The highest BCUT2D eigenvalue weighted by molar-refractivity contribution is 5.77. The lowest BCUT2D eigenvalue weighted by atomic mass is 10.1. The highest BCUT2D eigenvalue weighted by atomic mass is 16.5. The van der Waals surface area contributed by atoms with Crippen LogP contribution >= 0.6 is 0 Å². The summed E-state index contributed by atoms with van der Waals surface area (Å²) in [6, 6.07) is 9.88. The van der Waals surface area contributed by atoms with Crippen LogP contribution in [0.5, 0.6) is 0 Å². The van der Waals surface area contributed by atoms with Crippen molar-refractivity contribution in [2.75, 3.05) is 13.1 Å². The second kappa shape index (κ2) is 5.96. The summed E-state index contributed by atoms with van der Waals surface area (Å²) in [6.07, 6.45) is 2.48. The van der Waals surface area contributed by atoms with Crippen LogP contribution < -0.4 is 0 Å². The van der Waals surface area contributed by atoms with Gasteiger partial charge in [0.2, 0.25) is 5.89 Å². The Morgan fingerprint density at radius 1 is 1.09 bits per heavy atom. The van der Waals surface area contributed by atoms with E-state index in [0.29, 0.717) is 24.1 Å². The van der Waals surface area contributed by atoms with Crippen molar-refractivity contribution >= 4 is 0 Å². The molecule has 2 aromatic heterocycles. The molecule has 6 nitrogen and oxygen atoms in total. The zero-order valence-electron chi connectivity index (χ0n) is 13.0. The van der Waals surface area contributed by atoms with Gasteiger partial charge in [-0.1, -0.05) is 35.5 Å². The molecule has 0 atom stereocenters. The fraction of sp³-hybridized carbons (Fsp3) is 0.353. The molecule has 0 unspecified atom stereocenters. The second-order valence-corrected chi connectivity index (χ2v) is 5.81. The van der Waals surface area contributed by atoms with Crippen molar-refractivity contribution in [3.8, 4) is 22.7 Å². The molecule has 3 aromatic rings. The molecule has 23 heavy (non-hydrogen) atoms. The number of likely N-dealkylation sites (tertiary alicyclic amines) is 1. The average Bonchev–Trinajstić information content (AvgIpc) is 3.30. The lowest BCUT2D eigenvalue weighted by Gasteiger charge is -2.10. The topological polar surface area (TPSA) is 68.2 Å². The van der Waals surface area contributed by atoms with Crippen LogP contribution in [0, 0.1) is 6.92 Å². The quantitative estimate of drug-likeness (QED) is 0.736. The number of hydrogen-bond donors (Lipinski definition) is 0. The summed E-state index contributed by atoms with van der Waals surface area (Å²) in [6.45, 7) is 4.76. The summed E-state index contributed by atoms with van der Waals surface area (Å²) < 4.78 is 11.2. The molecule has 3 heterocycles. The Kier molecular flexibility index (Phi) is 3.67. The van der Waals surface area contributed by atoms with Crippen LogP contribution in [0.15, 0.2) is 39.3 Å². The summed E-state index contributed by atoms with van der Waals surface area (Å²) in [5.41, 5.74) is 2.48. The molecule has 0 aliphatic carbocycles. The number of rotatable bonds is 4. The van der Waals surface area contributed by atoms with Crippen molar-refractivity contribution < 1.29 is 8.94 Å². The Balaban J connectivity index is 1.66. The van der Waals surface area contributed by atoms with Gasteiger partial charge in [-0.2, -0.15) is 0 Å². The molecule has 4 rings (SSSR count). The van der Waals surface area contributed by atoms with Gasteiger partial charge in [0.15, 0.2) is 0 Å². The molecule has 1 aliphatic rings. The van der Waals surface area contributed by atoms with Gasteiger partial charge >= 0.3 is 0 Å². The predicted octanol–water partition coefficient (Wildman–Crippen LogP) is 3.30. The Bertz CT molecular complexity index is 788. The predicted molar refractivity (Wildman–Crippen MR) is 84.5 cm³/mol. The summed E-state index contributed by atoms with van der Waals surface area (Å²) in [4.78, 5) is 2.33. The van der Waals surface area contributed by atoms with E-state index in [1.165, 1.54) is 12.8 Å². The summed E-state index contributed by atoms with van der Waals surface area (Å²) in [5.74, 6) is 1.79. The van der Waals surface area contributed by atoms with E-state index in [-0.39, 0.29) is 0 Å².